The molecule has 0 unspecified atom stereocenters. The number of pyridine rings is 1. The minimum atomic E-state index is 0.633. The van der Waals surface area contributed by atoms with Crippen LogP contribution in [0.1, 0.15) is 17.7 Å². The maximum absolute atomic E-state index is 5.41. The van der Waals surface area contributed by atoms with E-state index in [4.69, 9.17) is 5.73 Å². The van der Waals surface area contributed by atoms with E-state index >= 15 is 0 Å². The van der Waals surface area contributed by atoms with Crippen molar-refractivity contribution >= 4 is 5.57 Å². The summed E-state index contributed by atoms with van der Waals surface area (Å²) >= 11 is 0. The fourth-order valence-corrected chi connectivity index (χ4v) is 0.979. The Labute approximate surface area is 73.1 Å². The molecule has 12 heavy (non-hydrogen) atoms. The van der Waals surface area contributed by atoms with E-state index in [1.165, 1.54) is 5.56 Å². The van der Waals surface area contributed by atoms with Gasteiger partial charge in [-0.2, -0.15) is 0 Å². The van der Waals surface area contributed by atoms with Gasteiger partial charge in [-0.05, 0) is 37.1 Å². The van der Waals surface area contributed by atoms with E-state index in [1.807, 2.05) is 25.3 Å². The molecule has 2 nitrogen and oxygen atoms in total. The van der Waals surface area contributed by atoms with Crippen LogP contribution in [0.3, 0.4) is 0 Å². The molecule has 0 aliphatic rings. The molecule has 0 atom stereocenters. The number of hydrogen-bond acceptors (Lipinski definition) is 2. The molecule has 0 saturated heterocycles. The fraction of sp³-hybridized carbons (Fsp3) is 0.300. The topological polar surface area (TPSA) is 38.9 Å². The number of nitrogens with zero attached hydrogens (tertiary/aromatic N) is 1. The van der Waals surface area contributed by atoms with Crippen LogP contribution in [0.5, 0.6) is 0 Å². The van der Waals surface area contributed by atoms with Crippen LogP contribution in [-0.4, -0.2) is 11.5 Å². The van der Waals surface area contributed by atoms with Crippen LogP contribution in [0.2, 0.25) is 0 Å². The van der Waals surface area contributed by atoms with E-state index in [1.54, 1.807) is 0 Å². The molecular formula is C10H14N2. The second-order valence-corrected chi connectivity index (χ2v) is 2.86. The summed E-state index contributed by atoms with van der Waals surface area (Å²) in [6.07, 6.45) is 2.66. The zero-order valence-corrected chi connectivity index (χ0v) is 7.38. The number of hydrogen-bond donors (Lipinski definition) is 1. The molecule has 0 fully saturated rings. The summed E-state index contributed by atoms with van der Waals surface area (Å²) in [5.41, 5.74) is 8.54. The van der Waals surface area contributed by atoms with Crippen LogP contribution in [0, 0.1) is 6.92 Å². The lowest BCUT2D eigenvalue weighted by Gasteiger charge is -2.02. The summed E-state index contributed by atoms with van der Waals surface area (Å²) in [6, 6.07) is 4.01. The first-order valence-corrected chi connectivity index (χ1v) is 4.05. The first-order chi connectivity index (χ1) is 5.74. The Morgan fingerprint density at radius 1 is 1.58 bits per heavy atom. The first kappa shape index (κ1) is 8.94. The second-order valence-electron chi connectivity index (χ2n) is 2.86. The van der Waals surface area contributed by atoms with Crippen molar-refractivity contribution in [3.63, 3.8) is 0 Å². The molecule has 64 valence electrons. The Hall–Kier alpha value is -1.15. The lowest BCUT2D eigenvalue weighted by atomic mass is 10.1. The minimum Gasteiger partial charge on any atom is -0.330 e. The second kappa shape index (κ2) is 4.02. The van der Waals surface area contributed by atoms with Crippen molar-refractivity contribution in [1.82, 2.24) is 4.98 Å². The van der Waals surface area contributed by atoms with Crippen molar-refractivity contribution in [2.45, 2.75) is 13.3 Å². The largest absolute Gasteiger partial charge is 0.330 e. The zero-order chi connectivity index (χ0) is 8.97. The Morgan fingerprint density at radius 2 is 2.33 bits per heavy atom. The molecule has 1 aromatic rings. The molecule has 0 aliphatic carbocycles. The van der Waals surface area contributed by atoms with Crippen LogP contribution in [-0.2, 0) is 0 Å². The van der Waals surface area contributed by atoms with Gasteiger partial charge in [-0.25, -0.2) is 0 Å². The standard InChI is InChI=1S/C10H14N2/c1-8-3-4-10(12-7-8)9(2)5-6-11/h3-4,7H,2,5-6,11H2,1H3. The minimum absolute atomic E-state index is 0.633. The molecule has 0 aromatic carbocycles. The van der Waals surface area contributed by atoms with Crippen LogP contribution < -0.4 is 5.73 Å². The summed E-state index contributed by atoms with van der Waals surface area (Å²) < 4.78 is 0. The summed E-state index contributed by atoms with van der Waals surface area (Å²) in [7, 11) is 0. The van der Waals surface area contributed by atoms with Gasteiger partial charge in [-0.3, -0.25) is 4.98 Å². The third kappa shape index (κ3) is 2.17. The lowest BCUT2D eigenvalue weighted by molar-refractivity contribution is 1.01. The monoisotopic (exact) mass is 162 g/mol. The first-order valence-electron chi connectivity index (χ1n) is 4.05. The van der Waals surface area contributed by atoms with Crippen molar-refractivity contribution in [2.75, 3.05) is 6.54 Å². The Morgan fingerprint density at radius 3 is 2.83 bits per heavy atom. The van der Waals surface area contributed by atoms with Crippen molar-refractivity contribution < 1.29 is 0 Å². The summed E-state index contributed by atoms with van der Waals surface area (Å²) in [6.45, 7) is 6.55. The normalized spacial score (nSPS) is 9.83. The highest BCUT2D eigenvalue weighted by Crippen LogP contribution is 2.12. The van der Waals surface area contributed by atoms with Crippen molar-refractivity contribution in [3.05, 3.63) is 36.2 Å². The average molecular weight is 162 g/mol. The maximum Gasteiger partial charge on any atom is 0.0656 e. The van der Waals surface area contributed by atoms with E-state index in [2.05, 4.69) is 11.6 Å². The van der Waals surface area contributed by atoms with E-state index in [0.29, 0.717) is 6.54 Å². The van der Waals surface area contributed by atoms with Gasteiger partial charge in [0.2, 0.25) is 0 Å². The van der Waals surface area contributed by atoms with Gasteiger partial charge in [0.1, 0.15) is 0 Å². The quantitative estimate of drug-likeness (QED) is 0.735. The molecule has 0 saturated carbocycles. The number of nitrogens with two attached hydrogens (primary N) is 1. The van der Waals surface area contributed by atoms with Crippen LogP contribution in [0.4, 0.5) is 0 Å². The Kier molecular flexibility index (Phi) is 3.00. The zero-order valence-electron chi connectivity index (χ0n) is 7.38. The van der Waals surface area contributed by atoms with Gasteiger partial charge in [0.05, 0.1) is 5.69 Å². The molecule has 0 aliphatic heterocycles. The molecule has 0 radical (unpaired) electrons. The SMILES string of the molecule is C=C(CCN)c1ccc(C)cn1. The van der Waals surface area contributed by atoms with Gasteiger partial charge in [0.15, 0.2) is 0 Å². The van der Waals surface area contributed by atoms with Crippen LogP contribution >= 0.6 is 0 Å². The number of rotatable bonds is 3. The third-order valence-corrected chi connectivity index (χ3v) is 1.72. The predicted molar refractivity (Wildman–Crippen MR) is 51.7 cm³/mol. The molecular weight excluding hydrogens is 148 g/mol. The van der Waals surface area contributed by atoms with E-state index < -0.39 is 0 Å². The molecule has 2 N–H and O–H groups in total. The van der Waals surface area contributed by atoms with E-state index in [9.17, 15) is 0 Å². The highest BCUT2D eigenvalue weighted by atomic mass is 14.7. The maximum atomic E-state index is 5.41. The number of aryl methyl sites for hydroxylation is 1. The van der Waals surface area contributed by atoms with Gasteiger partial charge >= 0.3 is 0 Å². The Balaban J connectivity index is 2.75. The fourth-order valence-electron chi connectivity index (χ4n) is 0.979. The summed E-state index contributed by atoms with van der Waals surface area (Å²) in [4.78, 5) is 4.24. The number of aromatic nitrogens is 1. The summed E-state index contributed by atoms with van der Waals surface area (Å²) in [5.74, 6) is 0. The third-order valence-electron chi connectivity index (χ3n) is 1.72. The van der Waals surface area contributed by atoms with Crippen LogP contribution in [0.25, 0.3) is 5.57 Å². The molecule has 0 spiro atoms. The molecule has 1 aromatic heterocycles. The van der Waals surface area contributed by atoms with Gasteiger partial charge < -0.3 is 5.73 Å². The highest BCUT2D eigenvalue weighted by molar-refractivity contribution is 5.59. The van der Waals surface area contributed by atoms with Gasteiger partial charge in [-0.1, -0.05) is 12.6 Å². The van der Waals surface area contributed by atoms with Gasteiger partial charge in [-0.15, -0.1) is 0 Å². The van der Waals surface area contributed by atoms with Crippen molar-refractivity contribution in [1.29, 1.82) is 0 Å². The molecule has 1 rings (SSSR count). The molecule has 0 amide bonds. The van der Waals surface area contributed by atoms with E-state index in [0.717, 1.165) is 17.7 Å². The van der Waals surface area contributed by atoms with Gasteiger partial charge in [0, 0.05) is 6.20 Å². The van der Waals surface area contributed by atoms with Gasteiger partial charge in [0.25, 0.3) is 0 Å². The lowest BCUT2D eigenvalue weighted by Crippen LogP contribution is -2.00. The highest BCUT2D eigenvalue weighted by Gasteiger charge is 1.97. The molecule has 0 bridgehead atoms. The van der Waals surface area contributed by atoms with Crippen molar-refractivity contribution in [2.24, 2.45) is 5.73 Å². The van der Waals surface area contributed by atoms with E-state index in [-0.39, 0.29) is 0 Å². The average Bonchev–Trinajstić information content (AvgIpc) is 2.06. The molecule has 1 heterocycles. The smallest absolute Gasteiger partial charge is 0.0656 e. The Bertz CT molecular complexity index is 262. The molecule has 2 heteroatoms. The van der Waals surface area contributed by atoms with Crippen molar-refractivity contribution in [3.8, 4) is 0 Å². The van der Waals surface area contributed by atoms with Crippen LogP contribution in [0.15, 0.2) is 24.9 Å². The predicted octanol–water partition coefficient (Wildman–Crippen LogP) is 1.75. The summed E-state index contributed by atoms with van der Waals surface area (Å²) in [5, 5.41) is 0.